The van der Waals surface area contributed by atoms with Gasteiger partial charge in [0.15, 0.2) is 11.6 Å². The molecule has 0 bridgehead atoms. The number of amides is 2. The average Bonchev–Trinajstić information content (AvgIpc) is 3.92. The predicted molar refractivity (Wildman–Crippen MR) is 155 cm³/mol. The maximum atomic E-state index is 13.6. The molecule has 0 radical (unpaired) electrons. The number of nitrogens with zero attached hydrogens (tertiary/aromatic N) is 2. The molecule has 0 N–H and O–H groups in total. The van der Waals surface area contributed by atoms with Crippen LogP contribution in [0.2, 0.25) is 0 Å². The normalized spacial score (nSPS) is 20.8. The van der Waals surface area contributed by atoms with Crippen molar-refractivity contribution in [1.82, 2.24) is 9.80 Å². The minimum absolute atomic E-state index is 0.0830. The van der Waals surface area contributed by atoms with Gasteiger partial charge in [0.2, 0.25) is 11.8 Å². The Bertz CT molecular complexity index is 1520. The fraction of sp³-hybridized carbons (Fsp3) is 0.200. The van der Waals surface area contributed by atoms with E-state index >= 15 is 0 Å². The van der Waals surface area contributed by atoms with Crippen LogP contribution in [0.15, 0.2) is 109 Å². The number of benzene rings is 4. The first-order valence-corrected chi connectivity index (χ1v) is 13.7. The van der Waals surface area contributed by atoms with Crippen molar-refractivity contribution in [3.8, 4) is 0 Å². The van der Waals surface area contributed by atoms with Crippen LogP contribution in [-0.2, 0) is 27.1 Å². The maximum absolute atomic E-state index is 13.6. The van der Waals surface area contributed by atoms with Crippen LogP contribution in [0, 0.1) is 0 Å². The second-order valence-electron chi connectivity index (χ2n) is 10.9. The Morgan fingerprint density at radius 1 is 0.537 bits per heavy atom. The van der Waals surface area contributed by atoms with Crippen molar-refractivity contribution in [3.63, 3.8) is 0 Å². The molecule has 2 fully saturated rings. The predicted octanol–water partition coefficient (Wildman–Crippen LogP) is 5.16. The summed E-state index contributed by atoms with van der Waals surface area (Å²) in [6.45, 7) is 3.75. The van der Waals surface area contributed by atoms with E-state index in [9.17, 15) is 19.2 Å². The van der Waals surface area contributed by atoms with Crippen molar-refractivity contribution < 1.29 is 19.2 Å². The van der Waals surface area contributed by atoms with Gasteiger partial charge in [0, 0.05) is 25.0 Å². The fourth-order valence-corrected chi connectivity index (χ4v) is 5.98. The molecular weight excluding hydrogens is 512 g/mol. The first kappa shape index (κ1) is 26.4. The Morgan fingerprint density at radius 2 is 0.878 bits per heavy atom. The molecule has 0 saturated carbocycles. The summed E-state index contributed by atoms with van der Waals surface area (Å²) in [5, 5.41) is 0. The number of ketones is 2. The monoisotopic (exact) mass is 542 g/mol. The van der Waals surface area contributed by atoms with Crippen molar-refractivity contribution in [1.29, 1.82) is 0 Å². The van der Waals surface area contributed by atoms with E-state index in [4.69, 9.17) is 0 Å². The Balaban J connectivity index is 1.18. The zero-order chi connectivity index (χ0) is 28.8. The lowest BCUT2D eigenvalue weighted by molar-refractivity contribution is -0.125. The summed E-state index contributed by atoms with van der Waals surface area (Å²) in [6.07, 6.45) is 0.635. The molecule has 4 aromatic carbocycles. The van der Waals surface area contributed by atoms with E-state index in [1.807, 2.05) is 109 Å². The van der Waals surface area contributed by atoms with Gasteiger partial charge in [-0.05, 0) is 28.7 Å². The van der Waals surface area contributed by atoms with Crippen molar-refractivity contribution in [2.45, 2.75) is 31.3 Å². The highest BCUT2D eigenvalue weighted by Gasteiger charge is 2.61. The quantitative estimate of drug-likeness (QED) is 0.228. The molecule has 4 aromatic rings. The molecule has 41 heavy (non-hydrogen) atoms. The molecular formula is C35H30N2O4. The third-order valence-corrected chi connectivity index (χ3v) is 8.34. The van der Waals surface area contributed by atoms with Gasteiger partial charge in [-0.15, -0.1) is 0 Å². The van der Waals surface area contributed by atoms with Crippen LogP contribution in [0.4, 0.5) is 0 Å². The molecule has 2 amide bonds. The third-order valence-electron chi connectivity index (χ3n) is 8.34. The smallest absolute Gasteiger partial charge is 0.220 e. The van der Waals surface area contributed by atoms with Crippen LogP contribution in [0.25, 0.3) is 0 Å². The van der Waals surface area contributed by atoms with Crippen LogP contribution in [0.3, 0.4) is 0 Å². The molecule has 6 nitrogen and oxygen atoms in total. The van der Waals surface area contributed by atoms with E-state index in [-0.39, 0.29) is 23.4 Å². The number of hydrogen-bond donors (Lipinski definition) is 0. The van der Waals surface area contributed by atoms with Gasteiger partial charge in [-0.2, -0.15) is 0 Å². The van der Waals surface area contributed by atoms with Crippen molar-refractivity contribution in [2.75, 3.05) is 13.1 Å². The second kappa shape index (κ2) is 9.97. The van der Waals surface area contributed by atoms with Gasteiger partial charge in [0.25, 0.3) is 0 Å². The van der Waals surface area contributed by atoms with Crippen LogP contribution >= 0.6 is 0 Å². The Kier molecular flexibility index (Phi) is 6.41. The largest absolute Gasteiger partial charge is 0.321 e. The van der Waals surface area contributed by atoms with Gasteiger partial charge < -0.3 is 9.80 Å². The zero-order valence-corrected chi connectivity index (χ0v) is 23.0. The number of carbonyl (C=O) groups excluding carboxylic acids is 4. The first-order valence-electron chi connectivity index (χ1n) is 13.7. The molecule has 2 aliphatic heterocycles. The molecule has 2 unspecified atom stereocenters. The molecule has 6 heteroatoms. The molecule has 6 rings (SSSR count). The lowest BCUT2D eigenvalue weighted by Crippen LogP contribution is -2.29. The molecule has 2 saturated heterocycles. The summed E-state index contributed by atoms with van der Waals surface area (Å²) in [7, 11) is 0. The minimum atomic E-state index is -0.937. The van der Waals surface area contributed by atoms with Crippen LogP contribution in [0.5, 0.6) is 0 Å². The van der Waals surface area contributed by atoms with Gasteiger partial charge in [0.1, 0.15) is 11.1 Å². The number of carbonyl (C=O) groups is 4. The first-order chi connectivity index (χ1) is 19.8. The molecule has 204 valence electrons. The second-order valence-corrected chi connectivity index (χ2v) is 10.9. The van der Waals surface area contributed by atoms with Gasteiger partial charge in [-0.3, -0.25) is 19.2 Å². The lowest BCUT2D eigenvalue weighted by Gasteiger charge is -2.17. The summed E-state index contributed by atoms with van der Waals surface area (Å²) in [5.74, 6) is -0.405. The summed E-state index contributed by atoms with van der Waals surface area (Å²) >= 11 is 0. The summed E-state index contributed by atoms with van der Waals surface area (Å²) in [5.41, 5.74) is 2.96. The Hall–Kier alpha value is -4.84. The van der Waals surface area contributed by atoms with Gasteiger partial charge in [-0.25, -0.2) is 0 Å². The van der Waals surface area contributed by atoms with Gasteiger partial charge in [0.05, 0.1) is 13.1 Å². The molecule has 2 heterocycles. The zero-order valence-electron chi connectivity index (χ0n) is 23.0. The van der Waals surface area contributed by atoms with Crippen LogP contribution in [0.1, 0.15) is 56.8 Å². The molecule has 0 spiro atoms. The summed E-state index contributed by atoms with van der Waals surface area (Å²) in [6, 6.07) is 33.9. The molecule has 0 aliphatic carbocycles. The van der Waals surface area contributed by atoms with Crippen molar-refractivity contribution >= 4 is 23.4 Å². The van der Waals surface area contributed by atoms with Gasteiger partial charge in [-0.1, -0.05) is 109 Å². The lowest BCUT2D eigenvalue weighted by atomic mass is 9.88. The Labute approximate surface area is 239 Å². The number of Topliss-reactive ketones (excluding diaryl/α,β-unsaturated/α-hetero) is 2. The fourth-order valence-electron chi connectivity index (χ4n) is 5.98. The van der Waals surface area contributed by atoms with E-state index in [2.05, 4.69) is 0 Å². The highest BCUT2D eigenvalue weighted by atomic mass is 16.2. The summed E-state index contributed by atoms with van der Waals surface area (Å²) < 4.78 is 0. The number of hydrogen-bond acceptors (Lipinski definition) is 4. The average molecular weight is 543 g/mol. The molecule has 2 atom stereocenters. The van der Waals surface area contributed by atoms with Crippen LogP contribution in [-0.4, -0.2) is 46.3 Å². The van der Waals surface area contributed by atoms with Gasteiger partial charge >= 0.3 is 0 Å². The van der Waals surface area contributed by atoms with E-state index < -0.39 is 11.1 Å². The highest BCUT2D eigenvalue weighted by Crippen LogP contribution is 2.46. The number of rotatable bonds is 8. The van der Waals surface area contributed by atoms with E-state index in [1.54, 1.807) is 9.80 Å². The minimum Gasteiger partial charge on any atom is -0.321 e. The molecule has 0 aromatic heterocycles. The molecule has 2 aliphatic rings. The van der Waals surface area contributed by atoms with Crippen LogP contribution < -0.4 is 0 Å². The standard InChI is InChI=1S/C35H30N2O4/c1-24(38)36-22-34(36,30-9-5-3-6-10-30)32(40)28-17-13-26(14-18-28)21-27-15-19-29(20-16-27)33(41)35(23-37(35)25(2)39)31-11-7-4-8-12-31/h3-20H,21-23H2,1-2H3. The third kappa shape index (κ3) is 4.45. The van der Waals surface area contributed by atoms with Crippen molar-refractivity contribution in [2.24, 2.45) is 0 Å². The Morgan fingerprint density at radius 3 is 1.17 bits per heavy atom. The maximum Gasteiger partial charge on any atom is 0.220 e. The van der Waals surface area contributed by atoms with E-state index in [0.29, 0.717) is 30.6 Å². The summed E-state index contributed by atoms with van der Waals surface area (Å²) in [4.78, 5) is 54.8. The van der Waals surface area contributed by atoms with E-state index in [1.165, 1.54) is 13.8 Å². The highest BCUT2D eigenvalue weighted by molar-refractivity contribution is 6.09. The SMILES string of the molecule is CC(=O)N1CC1(C(=O)c1ccc(Cc2ccc(C(=O)C3(c4ccccc4)CN3C(C)=O)cc2)cc1)c1ccccc1. The topological polar surface area (TPSA) is 74.3 Å². The van der Waals surface area contributed by atoms with E-state index in [0.717, 1.165) is 22.3 Å². The van der Waals surface area contributed by atoms with Crippen molar-refractivity contribution in [3.05, 3.63) is 143 Å².